The minimum atomic E-state index is -0.0156. The summed E-state index contributed by atoms with van der Waals surface area (Å²) < 4.78 is 6.11. The molecule has 19 heavy (non-hydrogen) atoms. The van der Waals surface area contributed by atoms with Crippen molar-refractivity contribution in [3.05, 3.63) is 47.6 Å². The molecule has 102 valence electrons. The van der Waals surface area contributed by atoms with Gasteiger partial charge in [-0.15, -0.1) is 0 Å². The lowest BCUT2D eigenvalue weighted by molar-refractivity contribution is 0.0339. The summed E-state index contributed by atoms with van der Waals surface area (Å²) >= 11 is 0. The van der Waals surface area contributed by atoms with Crippen LogP contribution in [-0.4, -0.2) is 12.2 Å². The Morgan fingerprint density at radius 3 is 1.84 bits per heavy atom. The normalized spacial score (nSPS) is 28.1. The fourth-order valence-electron chi connectivity index (χ4n) is 3.62. The van der Waals surface area contributed by atoms with Gasteiger partial charge in [0, 0.05) is 5.41 Å². The van der Waals surface area contributed by atoms with Crippen LogP contribution < -0.4 is 0 Å². The van der Waals surface area contributed by atoms with Crippen molar-refractivity contribution in [2.24, 2.45) is 5.41 Å². The van der Waals surface area contributed by atoms with Crippen LogP contribution in [0.15, 0.2) is 47.6 Å². The van der Waals surface area contributed by atoms with Gasteiger partial charge in [-0.3, -0.25) is 0 Å². The van der Waals surface area contributed by atoms with Crippen molar-refractivity contribution in [2.75, 3.05) is 6.61 Å². The van der Waals surface area contributed by atoms with Crippen molar-refractivity contribution in [2.45, 2.75) is 51.6 Å². The van der Waals surface area contributed by atoms with Crippen molar-refractivity contribution in [1.82, 2.24) is 0 Å². The fraction of sp³-hybridized carbons (Fsp3) is 0.556. The third-order valence-corrected chi connectivity index (χ3v) is 4.53. The van der Waals surface area contributed by atoms with Crippen LogP contribution in [0, 0.1) is 5.41 Å². The Bertz CT molecular complexity index is 442. The van der Waals surface area contributed by atoms with Gasteiger partial charge in [0.1, 0.15) is 0 Å². The Kier molecular flexibility index (Phi) is 3.26. The van der Waals surface area contributed by atoms with E-state index in [1.807, 2.05) is 0 Å². The Morgan fingerprint density at radius 2 is 1.47 bits per heavy atom. The molecule has 0 unspecified atom stereocenters. The molecule has 0 aromatic heterocycles. The standard InChI is InChI=1S/C18H24O/c1-17(2)13-18(14-19-17,15-9-5-3-6-10-15)16-11-7-4-8-12-16/h5,7,9-12H,3-4,6,8,13-14H2,1-2H3. The van der Waals surface area contributed by atoms with E-state index in [9.17, 15) is 0 Å². The molecule has 0 amide bonds. The topological polar surface area (TPSA) is 9.23 Å². The summed E-state index contributed by atoms with van der Waals surface area (Å²) in [5, 5.41) is 0. The highest BCUT2D eigenvalue weighted by atomic mass is 16.5. The molecule has 1 nitrogen and oxygen atoms in total. The lowest BCUT2D eigenvalue weighted by Crippen LogP contribution is -2.28. The van der Waals surface area contributed by atoms with Crippen LogP contribution >= 0.6 is 0 Å². The van der Waals surface area contributed by atoms with Crippen LogP contribution in [-0.2, 0) is 4.74 Å². The third-order valence-electron chi connectivity index (χ3n) is 4.53. The molecule has 0 radical (unpaired) electrons. The number of rotatable bonds is 2. The first-order valence-corrected chi connectivity index (χ1v) is 7.51. The maximum atomic E-state index is 6.11. The molecule has 0 bridgehead atoms. The summed E-state index contributed by atoms with van der Waals surface area (Å²) in [5.41, 5.74) is 3.03. The summed E-state index contributed by atoms with van der Waals surface area (Å²) in [7, 11) is 0. The molecule has 3 rings (SSSR count). The molecule has 0 atom stereocenters. The Hall–Kier alpha value is -1.08. The summed E-state index contributed by atoms with van der Waals surface area (Å²) in [5.74, 6) is 0. The molecule has 0 aromatic carbocycles. The highest BCUT2D eigenvalue weighted by molar-refractivity contribution is 5.45. The number of hydrogen-bond acceptors (Lipinski definition) is 1. The summed E-state index contributed by atoms with van der Waals surface area (Å²) in [6.07, 6.45) is 19.9. The van der Waals surface area contributed by atoms with Gasteiger partial charge in [0.05, 0.1) is 12.2 Å². The number of hydrogen-bond donors (Lipinski definition) is 0. The van der Waals surface area contributed by atoms with E-state index in [2.05, 4.69) is 50.3 Å². The SMILES string of the molecule is CC1(C)CC(C2=CCCC=C2)(C2=CCCC=C2)CO1. The van der Waals surface area contributed by atoms with E-state index < -0.39 is 0 Å². The van der Waals surface area contributed by atoms with E-state index in [0.717, 1.165) is 13.0 Å². The van der Waals surface area contributed by atoms with E-state index in [-0.39, 0.29) is 11.0 Å². The van der Waals surface area contributed by atoms with Gasteiger partial charge in [-0.1, -0.05) is 36.5 Å². The Balaban J connectivity index is 2.01. The molecule has 2 aliphatic carbocycles. The second-order valence-electron chi connectivity index (χ2n) is 6.59. The quantitative estimate of drug-likeness (QED) is 0.694. The van der Waals surface area contributed by atoms with Crippen molar-refractivity contribution in [3.63, 3.8) is 0 Å². The molecular weight excluding hydrogens is 232 g/mol. The molecule has 1 saturated heterocycles. The maximum Gasteiger partial charge on any atom is 0.0639 e. The van der Waals surface area contributed by atoms with E-state index in [1.165, 1.54) is 36.8 Å². The van der Waals surface area contributed by atoms with Crippen LogP contribution in [0.3, 0.4) is 0 Å². The molecule has 0 saturated carbocycles. The Labute approximate surface area is 116 Å². The van der Waals surface area contributed by atoms with Crippen LogP contribution in [0.25, 0.3) is 0 Å². The first-order chi connectivity index (χ1) is 9.12. The largest absolute Gasteiger partial charge is 0.374 e. The van der Waals surface area contributed by atoms with Gasteiger partial charge in [0.15, 0.2) is 0 Å². The molecule has 0 N–H and O–H groups in total. The van der Waals surface area contributed by atoms with Crippen molar-refractivity contribution < 1.29 is 4.74 Å². The number of allylic oxidation sites excluding steroid dienone is 6. The van der Waals surface area contributed by atoms with Gasteiger partial charge in [0.2, 0.25) is 0 Å². The lowest BCUT2D eigenvalue weighted by Gasteiger charge is -2.34. The summed E-state index contributed by atoms with van der Waals surface area (Å²) in [6.45, 7) is 5.26. The molecule has 1 heteroatoms. The molecule has 3 aliphatic rings. The maximum absolute atomic E-state index is 6.11. The second kappa shape index (κ2) is 4.79. The minimum Gasteiger partial charge on any atom is -0.374 e. The Morgan fingerprint density at radius 1 is 0.895 bits per heavy atom. The predicted octanol–water partition coefficient (Wildman–Crippen LogP) is 4.72. The van der Waals surface area contributed by atoms with Crippen LogP contribution in [0.5, 0.6) is 0 Å². The van der Waals surface area contributed by atoms with E-state index >= 15 is 0 Å². The molecule has 1 heterocycles. The zero-order valence-electron chi connectivity index (χ0n) is 12.1. The van der Waals surface area contributed by atoms with Crippen molar-refractivity contribution >= 4 is 0 Å². The van der Waals surface area contributed by atoms with Gasteiger partial charge in [-0.2, -0.15) is 0 Å². The monoisotopic (exact) mass is 256 g/mol. The third kappa shape index (κ3) is 2.36. The molecule has 0 aromatic rings. The van der Waals surface area contributed by atoms with E-state index in [0.29, 0.717) is 0 Å². The summed E-state index contributed by atoms with van der Waals surface area (Å²) in [6, 6.07) is 0. The van der Waals surface area contributed by atoms with E-state index in [4.69, 9.17) is 4.74 Å². The smallest absolute Gasteiger partial charge is 0.0639 e. The van der Waals surface area contributed by atoms with Gasteiger partial charge in [-0.25, -0.2) is 0 Å². The average molecular weight is 256 g/mol. The van der Waals surface area contributed by atoms with Crippen LogP contribution in [0.4, 0.5) is 0 Å². The molecular formula is C18H24O. The highest BCUT2D eigenvalue weighted by Crippen LogP contribution is 2.51. The van der Waals surface area contributed by atoms with E-state index in [1.54, 1.807) is 0 Å². The summed E-state index contributed by atoms with van der Waals surface area (Å²) in [4.78, 5) is 0. The minimum absolute atomic E-state index is 0.0156. The highest BCUT2D eigenvalue weighted by Gasteiger charge is 2.48. The molecule has 0 spiro atoms. The second-order valence-corrected chi connectivity index (χ2v) is 6.59. The average Bonchev–Trinajstić information content (AvgIpc) is 2.78. The van der Waals surface area contributed by atoms with Crippen LogP contribution in [0.2, 0.25) is 0 Å². The molecule has 1 fully saturated rings. The zero-order valence-corrected chi connectivity index (χ0v) is 12.1. The number of ether oxygens (including phenoxy) is 1. The lowest BCUT2D eigenvalue weighted by atomic mass is 9.68. The van der Waals surface area contributed by atoms with Gasteiger partial charge < -0.3 is 4.74 Å². The van der Waals surface area contributed by atoms with Gasteiger partial charge in [0.25, 0.3) is 0 Å². The van der Waals surface area contributed by atoms with Gasteiger partial charge >= 0.3 is 0 Å². The molecule has 1 aliphatic heterocycles. The fourth-order valence-corrected chi connectivity index (χ4v) is 3.62. The van der Waals surface area contributed by atoms with Gasteiger partial charge in [-0.05, 0) is 57.1 Å². The predicted molar refractivity (Wildman–Crippen MR) is 80.0 cm³/mol. The zero-order chi connectivity index (χ0) is 13.3. The van der Waals surface area contributed by atoms with Crippen molar-refractivity contribution in [1.29, 1.82) is 0 Å². The first-order valence-electron chi connectivity index (χ1n) is 7.51. The first kappa shape index (κ1) is 12.9. The van der Waals surface area contributed by atoms with Crippen LogP contribution in [0.1, 0.15) is 46.0 Å². The van der Waals surface area contributed by atoms with Crippen molar-refractivity contribution in [3.8, 4) is 0 Å².